The van der Waals surface area contributed by atoms with Crippen LogP contribution in [0.25, 0.3) is 0 Å². The van der Waals surface area contributed by atoms with Gasteiger partial charge < -0.3 is 9.80 Å². The molecule has 28 heavy (non-hydrogen) atoms. The summed E-state index contributed by atoms with van der Waals surface area (Å²) in [6.07, 6.45) is 0. The van der Waals surface area contributed by atoms with Gasteiger partial charge in [0.1, 0.15) is 0 Å². The van der Waals surface area contributed by atoms with E-state index in [4.69, 9.17) is 0 Å². The Kier molecular flexibility index (Phi) is 12.2. The number of carbonyl (C=O) groups excluding carboxylic acids is 2. The summed E-state index contributed by atoms with van der Waals surface area (Å²) in [5.74, 6) is 0.365. The topological polar surface area (TPSA) is 47.1 Å². The van der Waals surface area contributed by atoms with Gasteiger partial charge in [-0.3, -0.25) is 19.4 Å². The lowest BCUT2D eigenvalue weighted by molar-refractivity contribution is -0.139. The van der Waals surface area contributed by atoms with Crippen molar-refractivity contribution in [3.05, 3.63) is 0 Å². The molecule has 0 saturated heterocycles. The molecular weight excluding hydrogens is 352 g/mol. The summed E-state index contributed by atoms with van der Waals surface area (Å²) in [5, 5.41) is 0. The van der Waals surface area contributed by atoms with E-state index in [1.165, 1.54) is 0 Å². The first-order valence-corrected chi connectivity index (χ1v) is 10.4. The van der Waals surface area contributed by atoms with Crippen molar-refractivity contribution in [3.63, 3.8) is 0 Å². The second kappa shape index (κ2) is 11.8. The van der Waals surface area contributed by atoms with Crippen LogP contribution in [0.15, 0.2) is 0 Å². The molecule has 1 unspecified atom stereocenters. The predicted molar refractivity (Wildman–Crippen MR) is 121 cm³/mol. The summed E-state index contributed by atoms with van der Waals surface area (Å²) in [4.78, 5) is 31.7. The highest BCUT2D eigenvalue weighted by atomic mass is 16.2. The molecule has 0 saturated carbocycles. The van der Waals surface area contributed by atoms with E-state index in [1.807, 2.05) is 103 Å². The van der Waals surface area contributed by atoms with Crippen molar-refractivity contribution in [2.75, 3.05) is 41.3 Å². The average molecular weight is 401 g/mol. The zero-order valence-corrected chi connectivity index (χ0v) is 21.2. The van der Waals surface area contributed by atoms with Gasteiger partial charge in [-0.1, -0.05) is 13.8 Å². The zero-order valence-electron chi connectivity index (χ0n) is 21.2. The molecule has 0 bridgehead atoms. The monoisotopic (exact) mass is 400 g/mol. The van der Waals surface area contributed by atoms with Gasteiger partial charge in [-0.15, -0.1) is 0 Å². The first-order chi connectivity index (χ1) is 12.4. The van der Waals surface area contributed by atoms with Crippen LogP contribution >= 0.6 is 0 Å². The number of amides is 2. The standard InChI is InChI=1S/2C11H24N2O/c2*1-8-12(6)9(2)10(14)13(7)11(3,4)5/h2*9H,8H2,1-7H3/t9-;/m0./s1. The normalized spacial score (nSPS) is 14.3. The van der Waals surface area contributed by atoms with E-state index in [2.05, 4.69) is 13.8 Å². The van der Waals surface area contributed by atoms with Gasteiger partial charge in [-0.05, 0) is 82.6 Å². The van der Waals surface area contributed by atoms with Gasteiger partial charge >= 0.3 is 0 Å². The summed E-state index contributed by atoms with van der Waals surface area (Å²) >= 11 is 0. The SMILES string of the molecule is CCN(C)C(C)C(=O)N(C)C(C)(C)C.CCN(C)[C@@H](C)C(=O)N(C)C(C)(C)C. The molecule has 6 heteroatoms. The van der Waals surface area contributed by atoms with Crippen LogP contribution < -0.4 is 0 Å². The summed E-state index contributed by atoms with van der Waals surface area (Å²) in [7, 11) is 7.67. The van der Waals surface area contributed by atoms with Crippen molar-refractivity contribution in [3.8, 4) is 0 Å². The molecule has 168 valence electrons. The maximum Gasteiger partial charge on any atom is 0.239 e. The van der Waals surface area contributed by atoms with Crippen LogP contribution in [0.1, 0.15) is 69.2 Å². The van der Waals surface area contributed by atoms with E-state index in [-0.39, 0.29) is 35.0 Å². The van der Waals surface area contributed by atoms with Crippen molar-refractivity contribution in [1.29, 1.82) is 0 Å². The average Bonchev–Trinajstić information content (AvgIpc) is 2.61. The fraction of sp³-hybridized carbons (Fsp3) is 0.909. The maximum atomic E-state index is 12.0. The Morgan fingerprint density at radius 3 is 1.00 bits per heavy atom. The van der Waals surface area contributed by atoms with Gasteiger partial charge in [-0.2, -0.15) is 0 Å². The first-order valence-electron chi connectivity index (χ1n) is 10.4. The predicted octanol–water partition coefficient (Wildman–Crippen LogP) is 3.17. The quantitative estimate of drug-likeness (QED) is 0.687. The summed E-state index contributed by atoms with van der Waals surface area (Å²) in [5.41, 5.74) is -0.195. The lowest BCUT2D eigenvalue weighted by Gasteiger charge is -2.36. The van der Waals surface area contributed by atoms with Crippen molar-refractivity contribution in [1.82, 2.24) is 19.6 Å². The van der Waals surface area contributed by atoms with Crippen LogP contribution in [0.4, 0.5) is 0 Å². The second-order valence-electron chi connectivity index (χ2n) is 9.63. The third-order valence-corrected chi connectivity index (χ3v) is 5.71. The molecule has 0 heterocycles. The molecule has 0 aliphatic carbocycles. The Labute approximate surface area is 175 Å². The molecule has 0 fully saturated rings. The maximum absolute atomic E-state index is 12.0. The highest BCUT2D eigenvalue weighted by molar-refractivity contribution is 5.82. The molecule has 0 aliphatic heterocycles. The fourth-order valence-electron chi connectivity index (χ4n) is 2.15. The lowest BCUT2D eigenvalue weighted by atomic mass is 10.1. The van der Waals surface area contributed by atoms with Gasteiger partial charge in [0, 0.05) is 25.2 Å². The number of nitrogens with zero attached hydrogens (tertiary/aromatic N) is 4. The van der Waals surface area contributed by atoms with Crippen LogP contribution in [0, 0.1) is 0 Å². The third kappa shape index (κ3) is 9.37. The molecule has 0 aromatic heterocycles. The Hall–Kier alpha value is -1.14. The van der Waals surface area contributed by atoms with E-state index in [1.54, 1.807) is 0 Å². The highest BCUT2D eigenvalue weighted by Crippen LogP contribution is 2.14. The smallest absolute Gasteiger partial charge is 0.239 e. The van der Waals surface area contributed by atoms with Crippen LogP contribution in [-0.2, 0) is 9.59 Å². The highest BCUT2D eigenvalue weighted by Gasteiger charge is 2.28. The van der Waals surface area contributed by atoms with Gasteiger partial charge in [-0.25, -0.2) is 0 Å². The Balaban J connectivity index is 0. The zero-order chi connectivity index (χ0) is 23.0. The molecule has 0 aromatic rings. The van der Waals surface area contributed by atoms with Crippen LogP contribution in [0.5, 0.6) is 0 Å². The van der Waals surface area contributed by atoms with E-state index < -0.39 is 0 Å². The summed E-state index contributed by atoms with van der Waals surface area (Å²) in [6, 6.07) is -0.0755. The third-order valence-electron chi connectivity index (χ3n) is 5.71. The molecule has 2 atom stereocenters. The number of likely N-dealkylation sites (N-methyl/N-ethyl adjacent to an activating group) is 4. The number of carbonyl (C=O) groups is 2. The minimum absolute atomic E-state index is 0.0378. The van der Waals surface area contributed by atoms with Crippen molar-refractivity contribution in [2.45, 2.75) is 92.4 Å². The second-order valence-corrected chi connectivity index (χ2v) is 9.63. The van der Waals surface area contributed by atoms with Crippen LogP contribution in [0.2, 0.25) is 0 Å². The van der Waals surface area contributed by atoms with E-state index in [0.29, 0.717) is 0 Å². The molecule has 2 amide bonds. The first kappa shape index (κ1) is 29.1. The van der Waals surface area contributed by atoms with Gasteiger partial charge in [0.25, 0.3) is 0 Å². The molecule has 0 radical (unpaired) electrons. The Morgan fingerprint density at radius 1 is 0.643 bits per heavy atom. The van der Waals surface area contributed by atoms with Gasteiger partial charge in [0.05, 0.1) is 12.1 Å². The molecule has 6 nitrogen and oxygen atoms in total. The van der Waals surface area contributed by atoms with Gasteiger partial charge in [0.2, 0.25) is 11.8 Å². The molecule has 0 spiro atoms. The van der Waals surface area contributed by atoms with E-state index in [9.17, 15) is 9.59 Å². The minimum Gasteiger partial charge on any atom is -0.340 e. The number of hydrogen-bond donors (Lipinski definition) is 0. The van der Waals surface area contributed by atoms with Crippen molar-refractivity contribution in [2.24, 2.45) is 0 Å². The Bertz CT molecular complexity index is 436. The van der Waals surface area contributed by atoms with Crippen molar-refractivity contribution >= 4 is 11.8 Å². The largest absolute Gasteiger partial charge is 0.340 e. The Morgan fingerprint density at radius 2 is 0.857 bits per heavy atom. The van der Waals surface area contributed by atoms with Crippen LogP contribution in [-0.4, -0.2) is 95.9 Å². The van der Waals surface area contributed by atoms with Crippen LogP contribution in [0.3, 0.4) is 0 Å². The van der Waals surface area contributed by atoms with E-state index >= 15 is 0 Å². The molecular formula is C22H48N4O2. The fourth-order valence-corrected chi connectivity index (χ4v) is 2.15. The summed E-state index contributed by atoms with van der Waals surface area (Å²) in [6.45, 7) is 22.1. The molecule has 0 aliphatic rings. The molecule has 0 rings (SSSR count). The number of hydrogen-bond acceptors (Lipinski definition) is 4. The van der Waals surface area contributed by atoms with Gasteiger partial charge in [0.15, 0.2) is 0 Å². The van der Waals surface area contributed by atoms with Crippen molar-refractivity contribution < 1.29 is 9.59 Å². The number of rotatable bonds is 6. The lowest BCUT2D eigenvalue weighted by Crippen LogP contribution is -2.50. The van der Waals surface area contributed by atoms with E-state index in [0.717, 1.165) is 13.1 Å². The molecule has 0 N–H and O–H groups in total. The minimum atomic E-state index is -0.0973. The summed E-state index contributed by atoms with van der Waals surface area (Å²) < 4.78 is 0. The molecule has 0 aromatic carbocycles.